The highest BCUT2D eigenvalue weighted by Gasteiger charge is 2.15. The molecule has 8 nitrogen and oxygen atoms in total. The van der Waals surface area contributed by atoms with E-state index in [0.29, 0.717) is 16.5 Å². The molecule has 9 heteroatoms. The Morgan fingerprint density at radius 3 is 2.65 bits per heavy atom. The summed E-state index contributed by atoms with van der Waals surface area (Å²) in [5, 5.41) is 10.6. The van der Waals surface area contributed by atoms with Crippen LogP contribution in [0.1, 0.15) is 6.42 Å². The molecule has 0 aliphatic heterocycles. The average molecular weight is 341 g/mol. The molecule has 0 atom stereocenters. The number of benzene rings is 2. The highest BCUT2D eigenvalue weighted by atomic mass is 32.2. The van der Waals surface area contributed by atoms with E-state index in [2.05, 4.69) is 10.2 Å². The molecule has 0 heterocycles. The van der Waals surface area contributed by atoms with Gasteiger partial charge in [0.15, 0.2) is 0 Å². The van der Waals surface area contributed by atoms with Crippen molar-refractivity contribution in [2.24, 2.45) is 0 Å². The van der Waals surface area contributed by atoms with Crippen LogP contribution in [0.2, 0.25) is 0 Å². The topological polar surface area (TPSA) is 122 Å². The minimum absolute atomic E-state index is 0.0348. The number of aromatic hydroxyl groups is 1. The fourth-order valence-corrected chi connectivity index (χ4v) is 2.47. The second kappa shape index (κ2) is 6.82. The number of fused-ring (bicyclic) bond motifs is 1. The number of methoxy groups -OCH3 is 1. The van der Waals surface area contributed by atoms with Crippen LogP contribution >= 0.6 is 0 Å². The van der Waals surface area contributed by atoms with E-state index in [1.807, 2.05) is 0 Å². The third kappa shape index (κ3) is 4.09. The van der Waals surface area contributed by atoms with E-state index < -0.39 is 21.0 Å². The lowest BCUT2D eigenvalue weighted by Crippen LogP contribution is -2.09. The number of hydrogen-bond donors (Lipinski definition) is 3. The van der Waals surface area contributed by atoms with Crippen LogP contribution in [0.3, 0.4) is 0 Å². The van der Waals surface area contributed by atoms with Crippen molar-refractivity contribution >= 4 is 32.5 Å². The Kier molecular flexibility index (Phi) is 5.04. The Labute approximate surface area is 132 Å². The largest absolute Gasteiger partial charge is 0.507 e. The molecule has 23 heavy (non-hydrogen) atoms. The molecule has 0 aliphatic carbocycles. The van der Waals surface area contributed by atoms with E-state index in [0.717, 1.165) is 6.07 Å². The Morgan fingerprint density at radius 2 is 2.00 bits per heavy atom. The maximum Gasteiger partial charge on any atom is 0.307 e. The van der Waals surface area contributed by atoms with Crippen LogP contribution in [0.4, 0.5) is 5.69 Å². The third-order valence-corrected chi connectivity index (χ3v) is 3.89. The van der Waals surface area contributed by atoms with Crippen molar-refractivity contribution in [3.8, 4) is 5.75 Å². The molecule has 2 rings (SSSR count). The van der Waals surface area contributed by atoms with E-state index >= 15 is 0 Å². The van der Waals surface area contributed by atoms with Gasteiger partial charge in [0, 0.05) is 16.8 Å². The first-order chi connectivity index (χ1) is 10.8. The number of phenolic OH excluding ortho intramolecular Hbond substituents is 1. The summed E-state index contributed by atoms with van der Waals surface area (Å²) in [5.74, 6) is -0.732. The lowest BCUT2D eigenvalue weighted by molar-refractivity contribution is -0.141. The molecule has 0 spiro atoms. The quantitative estimate of drug-likeness (QED) is 0.314. The van der Waals surface area contributed by atoms with Gasteiger partial charge in [-0.3, -0.25) is 19.7 Å². The molecule has 0 fully saturated rings. The minimum atomic E-state index is -4.46. The Bertz CT molecular complexity index is 832. The number of esters is 1. The summed E-state index contributed by atoms with van der Waals surface area (Å²) in [6.07, 6.45) is 0.0375. The first-order valence-corrected chi connectivity index (χ1v) is 7.95. The Balaban J connectivity index is 2.29. The molecule has 0 aromatic heterocycles. The van der Waals surface area contributed by atoms with Crippen LogP contribution in [0.25, 0.3) is 10.8 Å². The van der Waals surface area contributed by atoms with Crippen molar-refractivity contribution in [2.45, 2.75) is 11.3 Å². The monoisotopic (exact) mass is 341 g/mol. The Morgan fingerprint density at radius 1 is 1.26 bits per heavy atom. The zero-order valence-corrected chi connectivity index (χ0v) is 13.0. The molecular weight excluding hydrogens is 326 g/mol. The van der Waals surface area contributed by atoms with Gasteiger partial charge >= 0.3 is 5.97 Å². The highest BCUT2D eigenvalue weighted by molar-refractivity contribution is 7.85. The summed E-state index contributed by atoms with van der Waals surface area (Å²) in [7, 11) is -3.20. The fourth-order valence-electron chi connectivity index (χ4n) is 1.94. The van der Waals surface area contributed by atoms with E-state index in [1.54, 1.807) is 18.2 Å². The van der Waals surface area contributed by atoms with Gasteiger partial charge in [-0.25, -0.2) is 0 Å². The summed E-state index contributed by atoms with van der Waals surface area (Å²) in [6.45, 7) is 0.0348. The maximum atomic E-state index is 11.2. The van der Waals surface area contributed by atoms with E-state index in [-0.39, 0.29) is 18.8 Å². The number of hydrogen-bond acceptors (Lipinski definition) is 7. The van der Waals surface area contributed by atoms with Gasteiger partial charge in [0.2, 0.25) is 0 Å². The molecule has 0 amide bonds. The Hall–Kier alpha value is -2.36. The van der Waals surface area contributed by atoms with Gasteiger partial charge in [0.05, 0.1) is 30.7 Å². The second-order valence-electron chi connectivity index (χ2n) is 4.59. The third-order valence-electron chi connectivity index (χ3n) is 3.06. The SMILES string of the molecule is COC(=O)CCONc1cccc2c(O)cc(S(=O)(=O)O)cc12. The number of anilines is 1. The fraction of sp³-hybridized carbons (Fsp3) is 0.214. The summed E-state index contributed by atoms with van der Waals surface area (Å²) < 4.78 is 36.1. The van der Waals surface area contributed by atoms with Crippen LogP contribution in [0.15, 0.2) is 35.2 Å². The van der Waals surface area contributed by atoms with Crippen LogP contribution in [-0.4, -0.2) is 37.8 Å². The van der Waals surface area contributed by atoms with Crippen LogP contribution in [0.5, 0.6) is 5.75 Å². The average Bonchev–Trinajstić information content (AvgIpc) is 2.50. The standard InChI is InChI=1S/C14H15NO7S/c1-21-14(17)5-6-22-15-12-4-2-3-10-11(12)7-9(8-13(10)16)23(18,19)20/h2-4,7-8,15-16H,5-6H2,1H3,(H,18,19,20). The van der Waals surface area contributed by atoms with Crippen LogP contribution < -0.4 is 5.48 Å². The van der Waals surface area contributed by atoms with Crippen molar-refractivity contribution in [1.82, 2.24) is 0 Å². The maximum absolute atomic E-state index is 11.2. The van der Waals surface area contributed by atoms with Crippen LogP contribution in [0, 0.1) is 0 Å². The molecule has 0 bridgehead atoms. The predicted molar refractivity (Wildman–Crippen MR) is 81.6 cm³/mol. The van der Waals surface area contributed by atoms with Crippen molar-refractivity contribution in [2.75, 3.05) is 19.2 Å². The van der Waals surface area contributed by atoms with Crippen molar-refractivity contribution in [3.63, 3.8) is 0 Å². The molecule has 124 valence electrons. The lowest BCUT2D eigenvalue weighted by atomic mass is 10.1. The summed E-state index contributed by atoms with van der Waals surface area (Å²) in [6, 6.07) is 6.96. The van der Waals surface area contributed by atoms with E-state index in [9.17, 15) is 18.3 Å². The summed E-state index contributed by atoms with van der Waals surface area (Å²) in [4.78, 5) is 15.7. The first-order valence-electron chi connectivity index (χ1n) is 6.51. The van der Waals surface area contributed by atoms with Crippen molar-refractivity contribution in [1.29, 1.82) is 0 Å². The van der Waals surface area contributed by atoms with Gasteiger partial charge in [-0.2, -0.15) is 8.42 Å². The van der Waals surface area contributed by atoms with Gasteiger partial charge in [0.25, 0.3) is 10.1 Å². The molecule has 2 aromatic carbocycles. The van der Waals surface area contributed by atoms with E-state index in [4.69, 9.17) is 9.39 Å². The second-order valence-corrected chi connectivity index (χ2v) is 6.02. The highest BCUT2D eigenvalue weighted by Crippen LogP contribution is 2.33. The van der Waals surface area contributed by atoms with Gasteiger partial charge in [-0.1, -0.05) is 12.1 Å². The summed E-state index contributed by atoms with van der Waals surface area (Å²) >= 11 is 0. The lowest BCUT2D eigenvalue weighted by Gasteiger charge is -2.11. The van der Waals surface area contributed by atoms with Crippen LogP contribution in [-0.2, 0) is 24.5 Å². The smallest absolute Gasteiger partial charge is 0.307 e. The number of carbonyl (C=O) groups excluding carboxylic acids is 1. The summed E-state index contributed by atoms with van der Waals surface area (Å²) in [5.41, 5.74) is 2.95. The van der Waals surface area contributed by atoms with Gasteiger partial charge < -0.3 is 9.84 Å². The molecule has 0 saturated heterocycles. The molecule has 0 aliphatic rings. The van der Waals surface area contributed by atoms with E-state index in [1.165, 1.54) is 13.2 Å². The minimum Gasteiger partial charge on any atom is -0.507 e. The predicted octanol–water partition coefficient (Wildman–Crippen LogP) is 1.70. The zero-order valence-electron chi connectivity index (χ0n) is 12.1. The molecule has 3 N–H and O–H groups in total. The number of ether oxygens (including phenoxy) is 1. The van der Waals surface area contributed by atoms with Gasteiger partial charge in [0.1, 0.15) is 5.75 Å². The van der Waals surface area contributed by atoms with Crippen molar-refractivity contribution in [3.05, 3.63) is 30.3 Å². The molecule has 0 saturated carbocycles. The molecule has 2 aromatic rings. The normalized spacial score (nSPS) is 11.4. The molecular formula is C14H15NO7S. The number of nitrogens with one attached hydrogen (secondary N) is 1. The molecule has 0 unspecified atom stereocenters. The van der Waals surface area contributed by atoms with Crippen molar-refractivity contribution < 1.29 is 32.4 Å². The number of rotatable bonds is 6. The van der Waals surface area contributed by atoms with Gasteiger partial charge in [-0.15, -0.1) is 0 Å². The van der Waals surface area contributed by atoms with Gasteiger partial charge in [-0.05, 0) is 12.1 Å². The zero-order chi connectivity index (χ0) is 17.0. The first kappa shape index (κ1) is 17.0. The molecule has 0 radical (unpaired) electrons. The number of carbonyl (C=O) groups is 1. The number of phenols is 1.